The summed E-state index contributed by atoms with van der Waals surface area (Å²) in [6, 6.07) is 17.9. The summed E-state index contributed by atoms with van der Waals surface area (Å²) in [5.41, 5.74) is 4.54. The molecule has 0 spiro atoms. The number of hydrogen-bond donors (Lipinski definition) is 1. The second kappa shape index (κ2) is 8.47. The lowest BCUT2D eigenvalue weighted by Gasteiger charge is -2.07. The van der Waals surface area contributed by atoms with Crippen LogP contribution in [0.25, 0.3) is 28.0 Å². The number of nitriles is 1. The summed E-state index contributed by atoms with van der Waals surface area (Å²) in [6.07, 6.45) is 1.86. The molecule has 0 bridgehead atoms. The zero-order valence-corrected chi connectivity index (χ0v) is 17.5. The number of nitrogens with one attached hydrogen (secondary N) is 1. The van der Waals surface area contributed by atoms with Crippen molar-refractivity contribution in [1.29, 1.82) is 5.26 Å². The quantitative estimate of drug-likeness (QED) is 0.270. The first-order chi connectivity index (χ1) is 14.6. The van der Waals surface area contributed by atoms with Crippen molar-refractivity contribution in [3.63, 3.8) is 0 Å². The van der Waals surface area contributed by atoms with Gasteiger partial charge in [0.25, 0.3) is 0 Å². The minimum Gasteiger partial charge on any atom is -0.465 e. The van der Waals surface area contributed by atoms with Gasteiger partial charge in [0.05, 0.1) is 22.5 Å². The number of benzene rings is 2. The highest BCUT2D eigenvalue weighted by Gasteiger charge is 2.16. The van der Waals surface area contributed by atoms with E-state index in [-0.39, 0.29) is 12.5 Å². The van der Waals surface area contributed by atoms with Crippen LogP contribution in [0.5, 0.6) is 0 Å². The number of carbonyl (C=O) groups excluding carboxylic acids is 1. The van der Waals surface area contributed by atoms with Crippen molar-refractivity contribution < 1.29 is 9.53 Å². The Morgan fingerprint density at radius 2 is 2.03 bits per heavy atom. The van der Waals surface area contributed by atoms with Gasteiger partial charge in [-0.05, 0) is 49.9 Å². The number of nitrogens with zero attached hydrogens (tertiary/aromatic N) is 3. The van der Waals surface area contributed by atoms with Crippen LogP contribution in [0.4, 0.5) is 0 Å². The molecule has 2 aromatic carbocycles. The molecule has 0 fully saturated rings. The highest BCUT2D eigenvalue weighted by atomic mass is 32.2. The van der Waals surface area contributed by atoms with Crippen LogP contribution in [-0.4, -0.2) is 27.1 Å². The van der Waals surface area contributed by atoms with Gasteiger partial charge in [-0.15, -0.1) is 0 Å². The molecule has 1 N–H and O–H groups in total. The molecule has 0 aliphatic carbocycles. The fraction of sp³-hybridized carbons (Fsp3) is 0.174. The predicted octanol–water partition coefficient (Wildman–Crippen LogP) is 5.05. The Kier molecular flexibility index (Phi) is 5.59. The maximum atomic E-state index is 12.1. The smallest absolute Gasteiger partial charge is 0.325 e. The van der Waals surface area contributed by atoms with Crippen LogP contribution >= 0.6 is 11.8 Å². The summed E-state index contributed by atoms with van der Waals surface area (Å²) in [6.45, 7) is 4.22. The molecule has 0 radical (unpaired) electrons. The lowest BCUT2D eigenvalue weighted by molar-refractivity contribution is -0.143. The molecule has 30 heavy (non-hydrogen) atoms. The number of allylic oxidation sites excluding steroid dienone is 1. The minimum absolute atomic E-state index is 0.132. The van der Waals surface area contributed by atoms with Gasteiger partial charge in [-0.1, -0.05) is 30.3 Å². The molecule has 0 atom stereocenters. The van der Waals surface area contributed by atoms with E-state index in [4.69, 9.17) is 4.74 Å². The number of esters is 1. The number of para-hydroxylation sites is 3. The van der Waals surface area contributed by atoms with Crippen molar-refractivity contribution in [3.05, 3.63) is 64.7 Å². The number of hydrogen-bond acceptors (Lipinski definition) is 5. The molecule has 7 heteroatoms. The predicted molar refractivity (Wildman–Crippen MR) is 119 cm³/mol. The molecule has 150 valence electrons. The highest BCUT2D eigenvalue weighted by Crippen LogP contribution is 2.32. The summed E-state index contributed by atoms with van der Waals surface area (Å²) in [5.74, 6) is -0.283. The average Bonchev–Trinajstić information content (AvgIpc) is 3.27. The van der Waals surface area contributed by atoms with Gasteiger partial charge in [0.1, 0.15) is 12.6 Å². The standard InChI is InChI=1S/C23H20N4O2S/c1-3-29-22(28)14-27-15(2)18(17-8-4-7-11-21(17)27)12-16(13-24)30-23-25-19-9-5-6-10-20(19)26-23/h4-12H,3,14H2,1-2H3,(H,25,26)/b16-12+. The van der Waals surface area contributed by atoms with Crippen LogP contribution < -0.4 is 0 Å². The zero-order valence-electron chi connectivity index (χ0n) is 16.7. The summed E-state index contributed by atoms with van der Waals surface area (Å²) >= 11 is 1.29. The first-order valence-corrected chi connectivity index (χ1v) is 10.4. The number of ether oxygens (including phenoxy) is 1. The summed E-state index contributed by atoms with van der Waals surface area (Å²) < 4.78 is 7.06. The Labute approximate surface area is 178 Å². The second-order valence-corrected chi connectivity index (χ2v) is 7.72. The molecule has 0 saturated heterocycles. The van der Waals surface area contributed by atoms with E-state index in [9.17, 15) is 10.1 Å². The Morgan fingerprint density at radius 3 is 2.80 bits per heavy atom. The Balaban J connectivity index is 1.73. The van der Waals surface area contributed by atoms with Crippen LogP contribution in [0.15, 0.2) is 58.6 Å². The molecule has 6 nitrogen and oxygen atoms in total. The fourth-order valence-corrected chi connectivity index (χ4v) is 4.21. The van der Waals surface area contributed by atoms with E-state index in [1.165, 1.54) is 11.8 Å². The van der Waals surface area contributed by atoms with Gasteiger partial charge < -0.3 is 14.3 Å². The first-order valence-electron chi connectivity index (χ1n) is 9.58. The monoisotopic (exact) mass is 416 g/mol. The molecule has 0 amide bonds. The zero-order chi connectivity index (χ0) is 21.1. The Hall–Kier alpha value is -3.50. The molecule has 0 aliphatic rings. The van der Waals surface area contributed by atoms with E-state index in [1.807, 2.05) is 66.1 Å². The van der Waals surface area contributed by atoms with Gasteiger partial charge in [0, 0.05) is 22.2 Å². The largest absolute Gasteiger partial charge is 0.465 e. The van der Waals surface area contributed by atoms with Crippen LogP contribution in [0, 0.1) is 18.3 Å². The number of rotatable bonds is 6. The van der Waals surface area contributed by atoms with Crippen molar-refractivity contribution >= 4 is 45.7 Å². The van der Waals surface area contributed by atoms with Gasteiger partial charge in [-0.3, -0.25) is 4.79 Å². The molecule has 0 unspecified atom stereocenters. The molecule has 4 rings (SSSR count). The van der Waals surface area contributed by atoms with Gasteiger partial charge in [-0.25, -0.2) is 4.98 Å². The van der Waals surface area contributed by atoms with E-state index < -0.39 is 0 Å². The van der Waals surface area contributed by atoms with Gasteiger partial charge in [0.2, 0.25) is 0 Å². The van der Waals surface area contributed by atoms with E-state index in [0.29, 0.717) is 16.7 Å². The second-order valence-electron chi connectivity index (χ2n) is 6.69. The molecule has 2 aromatic heterocycles. The Morgan fingerprint density at radius 1 is 1.27 bits per heavy atom. The topological polar surface area (TPSA) is 83.7 Å². The average molecular weight is 417 g/mol. The van der Waals surface area contributed by atoms with Crippen LogP contribution in [0.3, 0.4) is 0 Å². The molecule has 0 aliphatic heterocycles. The third-order valence-electron chi connectivity index (χ3n) is 4.83. The number of aromatic nitrogens is 3. The number of fused-ring (bicyclic) bond motifs is 2. The summed E-state index contributed by atoms with van der Waals surface area (Å²) in [5, 5.41) is 11.4. The number of thioether (sulfide) groups is 1. The first kappa shape index (κ1) is 19.8. The van der Waals surface area contributed by atoms with Gasteiger partial charge >= 0.3 is 5.97 Å². The maximum absolute atomic E-state index is 12.1. The number of carbonyl (C=O) groups is 1. The third kappa shape index (κ3) is 3.82. The van der Waals surface area contributed by atoms with Crippen molar-refractivity contribution in [2.75, 3.05) is 6.61 Å². The third-order valence-corrected chi connectivity index (χ3v) is 5.65. The van der Waals surface area contributed by atoms with E-state index in [1.54, 1.807) is 6.92 Å². The van der Waals surface area contributed by atoms with Crippen LogP contribution in [-0.2, 0) is 16.1 Å². The SMILES string of the molecule is CCOC(=O)Cn1c(C)c(/C=C(\C#N)Sc2nc3ccccc3[nH]2)c2ccccc21. The molecule has 0 saturated carbocycles. The van der Waals surface area contributed by atoms with Crippen LogP contribution in [0.2, 0.25) is 0 Å². The minimum atomic E-state index is -0.283. The van der Waals surface area contributed by atoms with Crippen molar-refractivity contribution in [3.8, 4) is 6.07 Å². The van der Waals surface area contributed by atoms with Gasteiger partial charge in [-0.2, -0.15) is 5.26 Å². The number of H-pyrrole nitrogens is 1. The lowest BCUT2D eigenvalue weighted by Crippen LogP contribution is -2.14. The van der Waals surface area contributed by atoms with E-state index in [0.717, 1.165) is 33.2 Å². The van der Waals surface area contributed by atoms with Crippen LogP contribution in [0.1, 0.15) is 18.2 Å². The molecule has 4 aromatic rings. The van der Waals surface area contributed by atoms with Crippen molar-refractivity contribution in [2.24, 2.45) is 0 Å². The maximum Gasteiger partial charge on any atom is 0.325 e. The lowest BCUT2D eigenvalue weighted by atomic mass is 10.1. The Bertz CT molecular complexity index is 1280. The molecule has 2 heterocycles. The van der Waals surface area contributed by atoms with Crippen molar-refractivity contribution in [2.45, 2.75) is 25.5 Å². The van der Waals surface area contributed by atoms with E-state index in [2.05, 4.69) is 16.0 Å². The van der Waals surface area contributed by atoms with E-state index >= 15 is 0 Å². The fourth-order valence-electron chi connectivity index (χ4n) is 3.48. The van der Waals surface area contributed by atoms with Crippen molar-refractivity contribution in [1.82, 2.24) is 14.5 Å². The normalized spacial score (nSPS) is 11.7. The summed E-state index contributed by atoms with van der Waals surface area (Å²) in [7, 11) is 0. The molecular weight excluding hydrogens is 396 g/mol. The summed E-state index contributed by atoms with van der Waals surface area (Å²) in [4.78, 5) is 20.4. The number of imidazole rings is 1. The number of aromatic amines is 1. The molecular formula is C23H20N4O2S. The van der Waals surface area contributed by atoms with Gasteiger partial charge in [0.15, 0.2) is 5.16 Å². The highest BCUT2D eigenvalue weighted by molar-refractivity contribution is 8.03.